The van der Waals surface area contributed by atoms with Gasteiger partial charge in [-0.1, -0.05) is 31.9 Å². The van der Waals surface area contributed by atoms with Crippen LogP contribution in [0.2, 0.25) is 0 Å². The van der Waals surface area contributed by atoms with E-state index in [1.807, 2.05) is 25.1 Å². The van der Waals surface area contributed by atoms with Gasteiger partial charge in [-0.15, -0.1) is 0 Å². The van der Waals surface area contributed by atoms with Gasteiger partial charge < -0.3 is 4.74 Å². The monoisotopic (exact) mass is 292 g/mol. The second-order valence-corrected chi connectivity index (χ2v) is 3.73. The van der Waals surface area contributed by atoms with Gasteiger partial charge in [0.25, 0.3) is 0 Å². The van der Waals surface area contributed by atoms with Crippen molar-refractivity contribution in [2.45, 2.75) is 12.3 Å². The zero-order chi connectivity index (χ0) is 8.97. The van der Waals surface area contributed by atoms with Crippen LogP contribution in [0.4, 0.5) is 0 Å². The molecule has 0 saturated carbocycles. The highest BCUT2D eigenvalue weighted by molar-refractivity contribution is 9.10. The van der Waals surface area contributed by atoms with Gasteiger partial charge in [0.2, 0.25) is 0 Å². The number of hydrogen-bond donors (Lipinski definition) is 0. The zero-order valence-corrected chi connectivity index (χ0v) is 9.98. The van der Waals surface area contributed by atoms with Crippen LogP contribution in [0.1, 0.15) is 12.5 Å². The predicted octanol–water partition coefficient (Wildman–Crippen LogP) is 3.74. The van der Waals surface area contributed by atoms with Gasteiger partial charge >= 0.3 is 0 Å². The van der Waals surface area contributed by atoms with Crippen molar-refractivity contribution in [3.05, 3.63) is 28.2 Å². The van der Waals surface area contributed by atoms with E-state index in [9.17, 15) is 0 Å². The van der Waals surface area contributed by atoms with Gasteiger partial charge in [0.05, 0.1) is 6.61 Å². The highest BCUT2D eigenvalue weighted by Crippen LogP contribution is 2.24. The van der Waals surface area contributed by atoms with Gasteiger partial charge in [-0.25, -0.2) is 0 Å². The molecule has 1 nitrogen and oxygen atoms in total. The molecule has 3 heteroatoms. The minimum atomic E-state index is 0.712. The van der Waals surface area contributed by atoms with Gasteiger partial charge in [-0.05, 0) is 30.7 Å². The smallest absolute Gasteiger partial charge is 0.119 e. The Bertz CT molecular complexity index is 261. The summed E-state index contributed by atoms with van der Waals surface area (Å²) in [4.78, 5) is 0. The molecular weight excluding hydrogens is 284 g/mol. The maximum atomic E-state index is 5.36. The molecule has 1 rings (SSSR count). The van der Waals surface area contributed by atoms with Crippen molar-refractivity contribution in [3.63, 3.8) is 0 Å². The Hall–Kier alpha value is -0.0200. The van der Waals surface area contributed by atoms with E-state index in [-0.39, 0.29) is 0 Å². The Morgan fingerprint density at radius 1 is 1.42 bits per heavy atom. The topological polar surface area (TPSA) is 9.23 Å². The molecule has 0 aromatic heterocycles. The second-order valence-electron chi connectivity index (χ2n) is 2.32. The van der Waals surface area contributed by atoms with Crippen LogP contribution in [-0.2, 0) is 5.33 Å². The maximum absolute atomic E-state index is 5.36. The summed E-state index contributed by atoms with van der Waals surface area (Å²) in [6.07, 6.45) is 0. The SMILES string of the molecule is CCOc1ccc(Br)c(CBr)c1. The van der Waals surface area contributed by atoms with E-state index in [1.54, 1.807) is 0 Å². The van der Waals surface area contributed by atoms with Crippen LogP contribution in [0.25, 0.3) is 0 Å². The summed E-state index contributed by atoms with van der Waals surface area (Å²) in [7, 11) is 0. The lowest BCUT2D eigenvalue weighted by atomic mass is 10.2. The Kier molecular flexibility index (Phi) is 4.09. The van der Waals surface area contributed by atoms with Crippen LogP contribution < -0.4 is 4.74 Å². The number of ether oxygens (including phenoxy) is 1. The summed E-state index contributed by atoms with van der Waals surface area (Å²) in [5.41, 5.74) is 1.21. The third kappa shape index (κ3) is 2.49. The summed E-state index contributed by atoms with van der Waals surface area (Å²) < 4.78 is 6.48. The molecule has 0 aliphatic carbocycles. The molecule has 0 N–H and O–H groups in total. The van der Waals surface area contributed by atoms with Crippen molar-refractivity contribution in [2.24, 2.45) is 0 Å². The van der Waals surface area contributed by atoms with Gasteiger partial charge in [0.15, 0.2) is 0 Å². The van der Waals surface area contributed by atoms with Gasteiger partial charge in [0.1, 0.15) is 5.75 Å². The molecule has 0 amide bonds. The molecule has 12 heavy (non-hydrogen) atoms. The summed E-state index contributed by atoms with van der Waals surface area (Å²) in [6.45, 7) is 2.69. The fourth-order valence-electron chi connectivity index (χ4n) is 0.910. The van der Waals surface area contributed by atoms with Crippen LogP contribution in [0.5, 0.6) is 5.75 Å². The lowest BCUT2D eigenvalue weighted by Gasteiger charge is -2.05. The quantitative estimate of drug-likeness (QED) is 0.772. The van der Waals surface area contributed by atoms with Crippen molar-refractivity contribution in [3.8, 4) is 5.75 Å². The van der Waals surface area contributed by atoms with Gasteiger partial charge in [-0.2, -0.15) is 0 Å². The molecule has 0 aliphatic rings. The van der Waals surface area contributed by atoms with Gasteiger partial charge in [0, 0.05) is 9.80 Å². The normalized spacial score (nSPS) is 9.92. The molecular formula is C9H10Br2O. The maximum Gasteiger partial charge on any atom is 0.119 e. The van der Waals surface area contributed by atoms with Crippen LogP contribution in [0.15, 0.2) is 22.7 Å². The van der Waals surface area contributed by atoms with E-state index < -0.39 is 0 Å². The molecule has 0 unspecified atom stereocenters. The van der Waals surface area contributed by atoms with Crippen LogP contribution in [-0.4, -0.2) is 6.61 Å². The average molecular weight is 294 g/mol. The zero-order valence-electron chi connectivity index (χ0n) is 6.81. The standard InChI is InChI=1S/C9H10Br2O/c1-2-12-8-3-4-9(11)7(5-8)6-10/h3-5H,2,6H2,1H3. The average Bonchev–Trinajstić information content (AvgIpc) is 2.09. The highest BCUT2D eigenvalue weighted by atomic mass is 79.9. The van der Waals surface area contributed by atoms with Crippen LogP contribution >= 0.6 is 31.9 Å². The number of hydrogen-bond acceptors (Lipinski definition) is 1. The first-order chi connectivity index (χ1) is 5.77. The van der Waals surface area contributed by atoms with Gasteiger partial charge in [-0.3, -0.25) is 0 Å². The minimum Gasteiger partial charge on any atom is -0.494 e. The largest absolute Gasteiger partial charge is 0.494 e. The lowest BCUT2D eigenvalue weighted by molar-refractivity contribution is 0.340. The van der Waals surface area contributed by atoms with Crippen LogP contribution in [0, 0.1) is 0 Å². The van der Waals surface area contributed by atoms with E-state index >= 15 is 0 Å². The molecule has 66 valence electrons. The predicted molar refractivity (Wildman–Crippen MR) is 57.9 cm³/mol. The number of benzene rings is 1. The van der Waals surface area contributed by atoms with E-state index in [0.717, 1.165) is 15.6 Å². The molecule has 0 saturated heterocycles. The lowest BCUT2D eigenvalue weighted by Crippen LogP contribution is -1.92. The summed E-state index contributed by atoms with van der Waals surface area (Å²) in [6, 6.07) is 5.99. The van der Waals surface area contributed by atoms with E-state index in [0.29, 0.717) is 6.61 Å². The first-order valence-corrected chi connectivity index (χ1v) is 5.66. The Morgan fingerprint density at radius 3 is 2.75 bits per heavy atom. The Morgan fingerprint density at radius 2 is 2.17 bits per heavy atom. The molecule has 0 bridgehead atoms. The second kappa shape index (κ2) is 4.87. The van der Waals surface area contributed by atoms with Crippen molar-refractivity contribution in [2.75, 3.05) is 6.61 Å². The van der Waals surface area contributed by atoms with E-state index in [2.05, 4.69) is 31.9 Å². The third-order valence-corrected chi connectivity index (χ3v) is 2.85. The molecule has 1 aromatic rings. The molecule has 0 aliphatic heterocycles. The number of halogens is 2. The molecule has 1 aromatic carbocycles. The third-order valence-electron chi connectivity index (χ3n) is 1.47. The Balaban J connectivity index is 2.89. The first kappa shape index (κ1) is 10.1. The first-order valence-electron chi connectivity index (χ1n) is 3.75. The minimum absolute atomic E-state index is 0.712. The summed E-state index contributed by atoms with van der Waals surface area (Å²) in [5, 5.41) is 0.842. The van der Waals surface area contributed by atoms with Crippen molar-refractivity contribution < 1.29 is 4.74 Å². The van der Waals surface area contributed by atoms with E-state index in [1.165, 1.54) is 5.56 Å². The van der Waals surface area contributed by atoms with E-state index in [4.69, 9.17) is 4.74 Å². The Labute approximate surface area is 89.4 Å². The summed E-state index contributed by atoms with van der Waals surface area (Å²) in [5.74, 6) is 0.926. The van der Waals surface area contributed by atoms with Crippen molar-refractivity contribution >= 4 is 31.9 Å². The molecule has 0 atom stereocenters. The number of rotatable bonds is 3. The fraction of sp³-hybridized carbons (Fsp3) is 0.333. The van der Waals surface area contributed by atoms with Crippen LogP contribution in [0.3, 0.4) is 0 Å². The summed E-state index contributed by atoms with van der Waals surface area (Å²) >= 11 is 6.86. The fourth-order valence-corrected chi connectivity index (χ4v) is 2.14. The molecule has 0 spiro atoms. The van der Waals surface area contributed by atoms with Crippen molar-refractivity contribution in [1.82, 2.24) is 0 Å². The number of alkyl halides is 1. The highest BCUT2D eigenvalue weighted by Gasteiger charge is 1.99. The van der Waals surface area contributed by atoms with Crippen molar-refractivity contribution in [1.29, 1.82) is 0 Å². The molecule has 0 fully saturated rings. The molecule has 0 radical (unpaired) electrons. The molecule has 0 heterocycles.